The lowest BCUT2D eigenvalue weighted by Gasteiger charge is -2.18. The van der Waals surface area contributed by atoms with E-state index in [-0.39, 0.29) is 30.1 Å². The molecule has 2 N–H and O–H groups in total. The molecule has 0 aliphatic carbocycles. The Morgan fingerprint density at radius 1 is 1.00 bits per heavy atom. The molecular weight excluding hydrogens is 347 g/mol. The molecule has 0 bridgehead atoms. The number of benzene rings is 2. The van der Waals surface area contributed by atoms with Gasteiger partial charge in [0.15, 0.2) is 0 Å². The molecule has 0 aromatic heterocycles. The number of anilines is 1. The first-order valence-corrected chi connectivity index (χ1v) is 9.29. The molecule has 2 heterocycles. The summed E-state index contributed by atoms with van der Waals surface area (Å²) in [5.41, 5.74) is 1.85. The molecule has 2 aromatic carbocycles. The van der Waals surface area contributed by atoms with Crippen LogP contribution in [0.3, 0.4) is 0 Å². The van der Waals surface area contributed by atoms with Gasteiger partial charge < -0.3 is 20.1 Å². The number of carbonyl (C=O) groups is 1. The van der Waals surface area contributed by atoms with Crippen LogP contribution in [0, 0.1) is 11.7 Å². The molecule has 0 radical (unpaired) electrons. The fraction of sp³-hybridized carbons (Fsp3) is 0.381. The summed E-state index contributed by atoms with van der Waals surface area (Å²) < 4.78 is 24.8. The Morgan fingerprint density at radius 3 is 2.52 bits per heavy atom. The number of halogens is 1. The third-order valence-corrected chi connectivity index (χ3v) is 5.22. The molecule has 5 nitrogen and oxygen atoms in total. The predicted octanol–water partition coefficient (Wildman–Crippen LogP) is 3.36. The highest BCUT2D eigenvalue weighted by Gasteiger charge is 2.47. The van der Waals surface area contributed by atoms with Gasteiger partial charge in [0.25, 0.3) is 0 Å². The molecule has 4 rings (SSSR count). The molecule has 142 valence electrons. The van der Waals surface area contributed by atoms with Crippen LogP contribution in [0.15, 0.2) is 54.6 Å². The highest BCUT2D eigenvalue weighted by molar-refractivity contribution is 5.89. The summed E-state index contributed by atoms with van der Waals surface area (Å²) in [7, 11) is 0. The van der Waals surface area contributed by atoms with Crippen molar-refractivity contribution in [2.75, 3.05) is 18.5 Å². The average molecular weight is 370 g/mol. The Labute approximate surface area is 157 Å². The Hall–Kier alpha value is -2.44. The fourth-order valence-electron chi connectivity index (χ4n) is 3.82. The normalized spacial score (nSPS) is 26.6. The summed E-state index contributed by atoms with van der Waals surface area (Å²) in [6.07, 6.45) is 1.89. The van der Waals surface area contributed by atoms with Crippen molar-refractivity contribution in [3.8, 4) is 0 Å². The molecule has 27 heavy (non-hydrogen) atoms. The van der Waals surface area contributed by atoms with Crippen molar-refractivity contribution in [3.05, 3.63) is 66.0 Å². The van der Waals surface area contributed by atoms with Gasteiger partial charge in [-0.2, -0.15) is 0 Å². The summed E-state index contributed by atoms with van der Waals surface area (Å²) in [6.45, 7) is 1.09. The Kier molecular flexibility index (Phi) is 5.36. The largest absolute Gasteiger partial charge is 0.373 e. The van der Waals surface area contributed by atoms with Crippen LogP contribution in [-0.4, -0.2) is 37.5 Å². The maximum Gasteiger partial charge on any atom is 0.319 e. The molecule has 2 aromatic rings. The highest BCUT2D eigenvalue weighted by Crippen LogP contribution is 2.33. The zero-order valence-corrected chi connectivity index (χ0v) is 14.9. The van der Waals surface area contributed by atoms with Crippen LogP contribution in [0.25, 0.3) is 0 Å². The van der Waals surface area contributed by atoms with Crippen LogP contribution in [0.2, 0.25) is 0 Å². The van der Waals surface area contributed by atoms with Gasteiger partial charge in [0.05, 0.1) is 25.4 Å². The molecule has 2 aliphatic heterocycles. The van der Waals surface area contributed by atoms with Crippen LogP contribution in [-0.2, 0) is 15.9 Å². The number of amides is 2. The van der Waals surface area contributed by atoms with Gasteiger partial charge in [-0.25, -0.2) is 9.18 Å². The van der Waals surface area contributed by atoms with E-state index in [1.165, 1.54) is 29.8 Å². The van der Waals surface area contributed by atoms with E-state index in [0.717, 1.165) is 12.8 Å². The minimum Gasteiger partial charge on any atom is -0.373 e. The quantitative estimate of drug-likeness (QED) is 0.848. The topological polar surface area (TPSA) is 59.6 Å². The van der Waals surface area contributed by atoms with E-state index in [0.29, 0.717) is 24.8 Å². The van der Waals surface area contributed by atoms with E-state index in [4.69, 9.17) is 9.47 Å². The van der Waals surface area contributed by atoms with E-state index >= 15 is 0 Å². The van der Waals surface area contributed by atoms with E-state index in [9.17, 15) is 9.18 Å². The van der Waals surface area contributed by atoms with Crippen molar-refractivity contribution < 1.29 is 18.7 Å². The van der Waals surface area contributed by atoms with Gasteiger partial charge in [-0.3, -0.25) is 0 Å². The molecule has 4 atom stereocenters. The number of hydrogen-bond donors (Lipinski definition) is 2. The molecular formula is C21H23FN2O3. The molecule has 2 saturated heterocycles. The number of aryl methyl sites for hydroxylation is 1. The van der Waals surface area contributed by atoms with Gasteiger partial charge in [0.1, 0.15) is 11.9 Å². The number of hydrogen-bond acceptors (Lipinski definition) is 3. The van der Waals surface area contributed by atoms with Gasteiger partial charge in [0, 0.05) is 11.6 Å². The van der Waals surface area contributed by atoms with Crippen molar-refractivity contribution >= 4 is 11.7 Å². The molecule has 0 saturated carbocycles. The molecule has 2 amide bonds. The van der Waals surface area contributed by atoms with Crippen LogP contribution < -0.4 is 10.6 Å². The number of urea groups is 1. The van der Waals surface area contributed by atoms with Crippen molar-refractivity contribution in [2.24, 2.45) is 5.92 Å². The van der Waals surface area contributed by atoms with Gasteiger partial charge in [0.2, 0.25) is 0 Å². The van der Waals surface area contributed by atoms with Crippen LogP contribution >= 0.6 is 0 Å². The zero-order chi connectivity index (χ0) is 18.6. The molecule has 6 heteroatoms. The van der Waals surface area contributed by atoms with Crippen molar-refractivity contribution in [1.82, 2.24) is 5.32 Å². The summed E-state index contributed by atoms with van der Waals surface area (Å²) in [5, 5.41) is 5.62. The fourth-order valence-corrected chi connectivity index (χ4v) is 3.82. The Bertz CT molecular complexity index is 769. The maximum absolute atomic E-state index is 12.9. The maximum atomic E-state index is 12.9. The lowest BCUT2D eigenvalue weighted by atomic mass is 9.93. The van der Waals surface area contributed by atoms with E-state index in [2.05, 4.69) is 34.9 Å². The molecule has 2 unspecified atom stereocenters. The van der Waals surface area contributed by atoms with Crippen molar-refractivity contribution in [3.63, 3.8) is 0 Å². The second-order valence-electron chi connectivity index (χ2n) is 7.09. The third-order valence-electron chi connectivity index (χ3n) is 5.22. The van der Waals surface area contributed by atoms with E-state index in [1.54, 1.807) is 0 Å². The van der Waals surface area contributed by atoms with Gasteiger partial charge in [-0.1, -0.05) is 30.3 Å². The Balaban J connectivity index is 1.28. The van der Waals surface area contributed by atoms with Gasteiger partial charge in [-0.15, -0.1) is 0 Å². The minimum atomic E-state index is -0.341. The summed E-state index contributed by atoms with van der Waals surface area (Å²) >= 11 is 0. The van der Waals surface area contributed by atoms with Crippen molar-refractivity contribution in [1.29, 1.82) is 0 Å². The minimum absolute atomic E-state index is 0.0184. The van der Waals surface area contributed by atoms with Crippen LogP contribution in [0.1, 0.15) is 12.0 Å². The molecule has 2 fully saturated rings. The lowest BCUT2D eigenvalue weighted by molar-refractivity contribution is 0.0615. The smallest absolute Gasteiger partial charge is 0.319 e. The Morgan fingerprint density at radius 2 is 1.74 bits per heavy atom. The number of nitrogens with one attached hydrogen (secondary N) is 2. The summed E-state index contributed by atoms with van der Waals surface area (Å²) in [5.74, 6) is -0.00365. The average Bonchev–Trinajstić information content (AvgIpc) is 3.26. The highest BCUT2D eigenvalue weighted by atomic mass is 19.1. The van der Waals surface area contributed by atoms with E-state index in [1.807, 2.05) is 6.07 Å². The SMILES string of the molecule is O=C(Nc1ccc(F)cc1)N[C@H]1COC2C1OC[C@H]2CCc1ccccc1. The first-order chi connectivity index (χ1) is 13.2. The van der Waals surface area contributed by atoms with Gasteiger partial charge in [-0.05, 0) is 42.7 Å². The molecule has 0 spiro atoms. The lowest BCUT2D eigenvalue weighted by Crippen LogP contribution is -2.45. The van der Waals surface area contributed by atoms with Gasteiger partial charge >= 0.3 is 6.03 Å². The summed E-state index contributed by atoms with van der Waals surface area (Å²) in [4.78, 5) is 12.2. The number of rotatable bonds is 5. The predicted molar refractivity (Wildman–Crippen MR) is 100 cm³/mol. The molecule has 2 aliphatic rings. The monoisotopic (exact) mass is 370 g/mol. The first-order valence-electron chi connectivity index (χ1n) is 9.29. The second kappa shape index (κ2) is 8.06. The zero-order valence-electron chi connectivity index (χ0n) is 14.9. The third kappa shape index (κ3) is 4.28. The first kappa shape index (κ1) is 17.9. The summed E-state index contributed by atoms with van der Waals surface area (Å²) in [6, 6.07) is 15.5. The van der Waals surface area contributed by atoms with Crippen LogP contribution in [0.4, 0.5) is 14.9 Å². The number of fused-ring (bicyclic) bond motifs is 1. The standard InChI is InChI=1S/C21H23FN2O3/c22-16-8-10-17(11-9-16)23-21(25)24-18-13-27-19-15(12-26-20(18)19)7-6-14-4-2-1-3-5-14/h1-5,8-11,15,18-20H,6-7,12-13H2,(H2,23,24,25)/t15-,18+,19?,20?/m1/s1. The van der Waals surface area contributed by atoms with E-state index < -0.39 is 0 Å². The second-order valence-corrected chi connectivity index (χ2v) is 7.09. The van der Waals surface area contributed by atoms with Crippen LogP contribution in [0.5, 0.6) is 0 Å². The number of ether oxygens (including phenoxy) is 2. The van der Waals surface area contributed by atoms with Crippen molar-refractivity contribution in [2.45, 2.75) is 31.1 Å². The number of carbonyl (C=O) groups excluding carboxylic acids is 1.